The highest BCUT2D eigenvalue weighted by Crippen LogP contribution is 2.19. The van der Waals surface area contributed by atoms with Crippen LogP contribution in [0, 0.1) is 12.7 Å². The third-order valence-electron chi connectivity index (χ3n) is 2.33. The second-order valence-electron chi connectivity index (χ2n) is 3.69. The molecule has 0 saturated heterocycles. The summed E-state index contributed by atoms with van der Waals surface area (Å²) in [4.78, 5) is 16.1. The van der Waals surface area contributed by atoms with Crippen LogP contribution in [0.1, 0.15) is 20.2 Å². The zero-order chi connectivity index (χ0) is 13.1. The second-order valence-corrected chi connectivity index (χ2v) is 5.01. The number of rotatable bonds is 4. The minimum atomic E-state index is -1.16. The van der Waals surface area contributed by atoms with E-state index in [1.54, 1.807) is 6.20 Å². The van der Waals surface area contributed by atoms with Gasteiger partial charge in [0.15, 0.2) is 0 Å². The van der Waals surface area contributed by atoms with Crippen molar-refractivity contribution in [3.8, 4) is 0 Å². The lowest BCUT2D eigenvalue weighted by Crippen LogP contribution is -2.06. The fourth-order valence-corrected chi connectivity index (χ4v) is 2.25. The first-order valence-corrected chi connectivity index (χ1v) is 6.06. The van der Waals surface area contributed by atoms with Crippen LogP contribution in [0.4, 0.5) is 10.1 Å². The molecule has 1 aromatic carbocycles. The first kappa shape index (κ1) is 12.5. The van der Waals surface area contributed by atoms with Crippen molar-refractivity contribution >= 4 is 23.0 Å². The van der Waals surface area contributed by atoms with E-state index < -0.39 is 11.8 Å². The van der Waals surface area contributed by atoms with Gasteiger partial charge in [-0.25, -0.2) is 14.2 Å². The van der Waals surface area contributed by atoms with Crippen LogP contribution in [0.3, 0.4) is 0 Å². The number of anilines is 1. The van der Waals surface area contributed by atoms with Crippen molar-refractivity contribution in [1.29, 1.82) is 0 Å². The van der Waals surface area contributed by atoms with Crippen LogP contribution in [-0.2, 0) is 6.54 Å². The van der Waals surface area contributed by atoms with Gasteiger partial charge >= 0.3 is 5.97 Å². The maximum absolute atomic E-state index is 13.0. The second kappa shape index (κ2) is 5.14. The number of carboxylic acids is 1. The summed E-state index contributed by atoms with van der Waals surface area (Å²) >= 11 is 1.53. The average Bonchev–Trinajstić information content (AvgIpc) is 2.73. The number of halogens is 1. The van der Waals surface area contributed by atoms with Crippen LogP contribution in [-0.4, -0.2) is 16.1 Å². The molecule has 6 heteroatoms. The quantitative estimate of drug-likeness (QED) is 0.893. The molecule has 2 aromatic rings. The van der Waals surface area contributed by atoms with E-state index in [0.29, 0.717) is 12.2 Å². The minimum Gasteiger partial charge on any atom is -0.478 e. The molecule has 0 aliphatic carbocycles. The zero-order valence-corrected chi connectivity index (χ0v) is 10.4. The van der Waals surface area contributed by atoms with Crippen LogP contribution in [0.25, 0.3) is 0 Å². The van der Waals surface area contributed by atoms with Crippen molar-refractivity contribution in [3.63, 3.8) is 0 Å². The standard InChI is InChI=1S/C12H11FN2O2S/c1-7-14-5-9(18-7)6-15-11-3-2-8(13)4-10(11)12(16)17/h2-5,15H,6H2,1H3,(H,16,17). The number of carboxylic acid groups (broad SMARTS) is 1. The Morgan fingerprint density at radius 2 is 2.33 bits per heavy atom. The van der Waals surface area contributed by atoms with Crippen LogP contribution >= 0.6 is 11.3 Å². The molecule has 0 aliphatic heterocycles. The molecule has 1 aromatic heterocycles. The number of nitrogens with one attached hydrogen (secondary N) is 1. The number of hydrogen-bond acceptors (Lipinski definition) is 4. The molecule has 0 saturated carbocycles. The number of thiazole rings is 1. The number of benzene rings is 1. The van der Waals surface area contributed by atoms with Crippen molar-refractivity contribution in [1.82, 2.24) is 4.98 Å². The molecule has 0 atom stereocenters. The SMILES string of the molecule is Cc1ncc(CNc2ccc(F)cc2C(=O)O)s1. The van der Waals surface area contributed by atoms with Gasteiger partial charge in [-0.05, 0) is 25.1 Å². The van der Waals surface area contributed by atoms with Gasteiger partial charge < -0.3 is 10.4 Å². The van der Waals surface area contributed by atoms with Gasteiger partial charge in [0.05, 0.1) is 17.1 Å². The fraction of sp³-hybridized carbons (Fsp3) is 0.167. The molecule has 1 heterocycles. The molecule has 4 nitrogen and oxygen atoms in total. The van der Waals surface area contributed by atoms with E-state index in [4.69, 9.17) is 5.11 Å². The first-order chi connectivity index (χ1) is 8.56. The third kappa shape index (κ3) is 2.84. The van der Waals surface area contributed by atoms with E-state index >= 15 is 0 Å². The maximum Gasteiger partial charge on any atom is 0.337 e. The summed E-state index contributed by atoms with van der Waals surface area (Å²) in [7, 11) is 0. The molecule has 0 amide bonds. The lowest BCUT2D eigenvalue weighted by molar-refractivity contribution is 0.0697. The van der Waals surface area contributed by atoms with Crippen molar-refractivity contribution < 1.29 is 14.3 Å². The molecule has 0 spiro atoms. The lowest BCUT2D eigenvalue weighted by atomic mass is 10.1. The number of aromatic nitrogens is 1. The third-order valence-corrected chi connectivity index (χ3v) is 3.25. The van der Waals surface area contributed by atoms with Crippen molar-refractivity contribution in [2.45, 2.75) is 13.5 Å². The predicted octanol–water partition coefficient (Wildman–Crippen LogP) is 2.90. The number of hydrogen-bond donors (Lipinski definition) is 2. The highest BCUT2D eigenvalue weighted by Gasteiger charge is 2.11. The van der Waals surface area contributed by atoms with Gasteiger partial charge in [0.1, 0.15) is 5.82 Å². The van der Waals surface area contributed by atoms with E-state index in [1.807, 2.05) is 6.92 Å². The van der Waals surface area contributed by atoms with E-state index in [2.05, 4.69) is 10.3 Å². The fourth-order valence-electron chi connectivity index (χ4n) is 1.52. The van der Waals surface area contributed by atoms with Crippen molar-refractivity contribution in [2.75, 3.05) is 5.32 Å². The van der Waals surface area contributed by atoms with Crippen LogP contribution in [0.5, 0.6) is 0 Å². The molecule has 0 aliphatic rings. The Bertz CT molecular complexity index is 583. The Hall–Kier alpha value is -1.95. The highest BCUT2D eigenvalue weighted by atomic mass is 32.1. The van der Waals surface area contributed by atoms with Crippen LogP contribution in [0.2, 0.25) is 0 Å². The summed E-state index contributed by atoms with van der Waals surface area (Å²) in [6.45, 7) is 2.37. The largest absolute Gasteiger partial charge is 0.478 e. The molecule has 94 valence electrons. The molecular weight excluding hydrogens is 255 g/mol. The predicted molar refractivity (Wildman–Crippen MR) is 67.5 cm³/mol. The molecule has 2 rings (SSSR count). The topological polar surface area (TPSA) is 62.2 Å². The average molecular weight is 266 g/mol. The molecule has 0 radical (unpaired) electrons. The van der Waals surface area contributed by atoms with E-state index in [9.17, 15) is 9.18 Å². The van der Waals surface area contributed by atoms with Gasteiger partial charge in [0.25, 0.3) is 0 Å². The molecule has 18 heavy (non-hydrogen) atoms. The van der Waals surface area contributed by atoms with Gasteiger partial charge in [-0.2, -0.15) is 0 Å². The van der Waals surface area contributed by atoms with Gasteiger partial charge in [-0.1, -0.05) is 0 Å². The Labute approximate surface area is 107 Å². The monoisotopic (exact) mass is 266 g/mol. The number of nitrogens with zero attached hydrogens (tertiary/aromatic N) is 1. The lowest BCUT2D eigenvalue weighted by Gasteiger charge is -2.08. The Kier molecular flexibility index (Phi) is 3.57. The van der Waals surface area contributed by atoms with Crippen molar-refractivity contribution in [2.24, 2.45) is 0 Å². The molecular formula is C12H11FN2O2S. The van der Waals surface area contributed by atoms with Crippen LogP contribution in [0.15, 0.2) is 24.4 Å². The molecule has 0 bridgehead atoms. The summed E-state index contributed by atoms with van der Waals surface area (Å²) < 4.78 is 13.0. The van der Waals surface area contributed by atoms with Gasteiger partial charge in [0.2, 0.25) is 0 Å². The minimum absolute atomic E-state index is 0.0729. The van der Waals surface area contributed by atoms with E-state index in [0.717, 1.165) is 16.0 Å². The number of carbonyl (C=O) groups is 1. The molecule has 2 N–H and O–H groups in total. The first-order valence-electron chi connectivity index (χ1n) is 5.24. The van der Waals surface area contributed by atoms with E-state index in [1.165, 1.54) is 23.5 Å². The Morgan fingerprint density at radius 1 is 1.56 bits per heavy atom. The van der Waals surface area contributed by atoms with Gasteiger partial charge in [0, 0.05) is 16.8 Å². The van der Waals surface area contributed by atoms with Crippen LogP contribution < -0.4 is 5.32 Å². The van der Waals surface area contributed by atoms with E-state index in [-0.39, 0.29) is 5.56 Å². The van der Waals surface area contributed by atoms with Gasteiger partial charge in [-0.3, -0.25) is 0 Å². The molecule has 0 unspecified atom stereocenters. The van der Waals surface area contributed by atoms with Gasteiger partial charge in [-0.15, -0.1) is 11.3 Å². The zero-order valence-electron chi connectivity index (χ0n) is 9.61. The summed E-state index contributed by atoms with van der Waals surface area (Å²) in [6.07, 6.45) is 1.73. The summed E-state index contributed by atoms with van der Waals surface area (Å²) in [5.41, 5.74) is 0.325. The normalized spacial score (nSPS) is 10.3. The number of aryl methyl sites for hydroxylation is 1. The highest BCUT2D eigenvalue weighted by molar-refractivity contribution is 7.11. The summed E-state index contributed by atoms with van der Waals surface area (Å²) in [6, 6.07) is 3.65. The Morgan fingerprint density at radius 3 is 2.94 bits per heavy atom. The molecule has 0 fully saturated rings. The van der Waals surface area contributed by atoms with Crippen molar-refractivity contribution in [3.05, 3.63) is 45.7 Å². The Balaban J connectivity index is 2.16. The maximum atomic E-state index is 13.0. The smallest absolute Gasteiger partial charge is 0.337 e. The summed E-state index contributed by atoms with van der Waals surface area (Å²) in [5, 5.41) is 12.9. The summed E-state index contributed by atoms with van der Waals surface area (Å²) in [5.74, 6) is -1.72. The number of aromatic carboxylic acids is 1.